The molecule has 0 heterocycles. The van der Waals surface area contributed by atoms with Crippen LogP contribution in [0.5, 0.6) is 11.5 Å². The maximum absolute atomic E-state index is 6.35. The molecule has 124 valence electrons. The molecule has 23 heavy (non-hydrogen) atoms. The number of anilines is 1. The highest BCUT2D eigenvalue weighted by molar-refractivity contribution is 6.31. The van der Waals surface area contributed by atoms with E-state index in [1.807, 2.05) is 44.4 Å². The lowest BCUT2D eigenvalue weighted by atomic mass is 10.1. The van der Waals surface area contributed by atoms with E-state index in [1.165, 1.54) is 0 Å². The van der Waals surface area contributed by atoms with E-state index in [0.29, 0.717) is 13.1 Å². The summed E-state index contributed by atoms with van der Waals surface area (Å²) in [5.74, 6) is 1.65. The summed E-state index contributed by atoms with van der Waals surface area (Å²) in [6.07, 6.45) is 0. The first-order valence-electron chi connectivity index (χ1n) is 7.43. The average molecular weight is 335 g/mol. The van der Waals surface area contributed by atoms with Crippen LogP contribution in [0.1, 0.15) is 11.1 Å². The number of hydrogen-bond donors (Lipinski definition) is 1. The topological polar surface area (TPSA) is 33.7 Å². The number of benzene rings is 2. The Hall–Kier alpha value is -1.91. The Morgan fingerprint density at radius 2 is 1.83 bits per heavy atom. The fourth-order valence-electron chi connectivity index (χ4n) is 2.48. The number of hydrogen-bond acceptors (Lipinski definition) is 4. The fraction of sp³-hybridized carbons (Fsp3) is 0.333. The van der Waals surface area contributed by atoms with E-state index >= 15 is 0 Å². The van der Waals surface area contributed by atoms with E-state index in [2.05, 4.69) is 16.3 Å². The third kappa shape index (κ3) is 4.30. The second kappa shape index (κ2) is 8.09. The first-order valence-corrected chi connectivity index (χ1v) is 7.81. The quantitative estimate of drug-likeness (QED) is 0.837. The van der Waals surface area contributed by atoms with Crippen LogP contribution in [-0.2, 0) is 13.1 Å². The molecule has 1 N–H and O–H groups in total. The van der Waals surface area contributed by atoms with Gasteiger partial charge in [0, 0.05) is 49.0 Å². The Kier molecular flexibility index (Phi) is 6.13. The molecule has 4 nitrogen and oxygen atoms in total. The highest BCUT2D eigenvalue weighted by atomic mass is 35.5. The lowest BCUT2D eigenvalue weighted by molar-refractivity contribution is 0.397. The molecular weight excluding hydrogens is 312 g/mol. The summed E-state index contributed by atoms with van der Waals surface area (Å²) in [5, 5.41) is 4.20. The van der Waals surface area contributed by atoms with Crippen LogP contribution in [0, 0.1) is 0 Å². The van der Waals surface area contributed by atoms with Gasteiger partial charge < -0.3 is 19.7 Å². The van der Waals surface area contributed by atoms with Crippen LogP contribution in [0.15, 0.2) is 36.4 Å². The van der Waals surface area contributed by atoms with Gasteiger partial charge in [-0.2, -0.15) is 0 Å². The minimum absolute atomic E-state index is 0.665. The molecule has 2 rings (SSSR count). The molecule has 0 fully saturated rings. The average Bonchev–Trinajstić information content (AvgIpc) is 2.55. The Labute approximate surface area is 143 Å². The molecule has 0 aliphatic carbocycles. The fourth-order valence-corrected chi connectivity index (χ4v) is 2.72. The second-order valence-electron chi connectivity index (χ2n) is 5.41. The normalized spacial score (nSPS) is 10.5. The number of halogens is 1. The molecule has 0 saturated heterocycles. The zero-order valence-corrected chi connectivity index (χ0v) is 14.8. The molecule has 0 aliphatic heterocycles. The van der Waals surface area contributed by atoms with Crippen molar-refractivity contribution in [1.29, 1.82) is 0 Å². The van der Waals surface area contributed by atoms with Crippen LogP contribution in [0.25, 0.3) is 0 Å². The lowest BCUT2D eigenvalue weighted by Crippen LogP contribution is -2.18. The third-order valence-corrected chi connectivity index (χ3v) is 4.03. The Bertz CT molecular complexity index is 659. The zero-order chi connectivity index (χ0) is 16.8. The maximum Gasteiger partial charge on any atom is 0.123 e. The van der Waals surface area contributed by atoms with Crippen molar-refractivity contribution >= 4 is 17.3 Å². The van der Waals surface area contributed by atoms with Crippen LogP contribution < -0.4 is 19.7 Å². The van der Waals surface area contributed by atoms with Gasteiger partial charge in [-0.05, 0) is 30.3 Å². The number of nitrogens with one attached hydrogen (secondary N) is 1. The number of ether oxygens (including phenoxy) is 2. The Morgan fingerprint density at radius 3 is 2.48 bits per heavy atom. The maximum atomic E-state index is 6.35. The largest absolute Gasteiger partial charge is 0.497 e. The van der Waals surface area contributed by atoms with Gasteiger partial charge in [0.1, 0.15) is 11.5 Å². The van der Waals surface area contributed by atoms with Crippen LogP contribution in [0.2, 0.25) is 5.02 Å². The van der Waals surface area contributed by atoms with Gasteiger partial charge in [-0.15, -0.1) is 0 Å². The standard InChI is InChI=1S/C18H23ClN2O2/c1-21(2)17-7-5-6-16(19)15(17)12-20-11-13-10-14(22-3)8-9-18(13)23-4/h5-10,20H,11-12H2,1-4H3. The van der Waals surface area contributed by atoms with Crippen molar-refractivity contribution in [2.24, 2.45) is 0 Å². The summed E-state index contributed by atoms with van der Waals surface area (Å²) < 4.78 is 10.7. The van der Waals surface area contributed by atoms with Crippen molar-refractivity contribution < 1.29 is 9.47 Å². The Balaban J connectivity index is 2.11. The zero-order valence-electron chi connectivity index (χ0n) is 14.0. The predicted molar refractivity (Wildman–Crippen MR) is 95.9 cm³/mol. The molecule has 0 bridgehead atoms. The number of rotatable bonds is 7. The summed E-state index contributed by atoms with van der Waals surface area (Å²) in [6, 6.07) is 11.7. The van der Waals surface area contributed by atoms with Gasteiger partial charge in [-0.25, -0.2) is 0 Å². The summed E-state index contributed by atoms with van der Waals surface area (Å²) in [6.45, 7) is 1.34. The van der Waals surface area contributed by atoms with Crippen molar-refractivity contribution in [1.82, 2.24) is 5.32 Å². The third-order valence-electron chi connectivity index (χ3n) is 3.68. The molecule has 0 unspecified atom stereocenters. The molecule has 0 spiro atoms. The molecule has 5 heteroatoms. The van der Waals surface area contributed by atoms with E-state index in [-0.39, 0.29) is 0 Å². The van der Waals surface area contributed by atoms with E-state index in [0.717, 1.165) is 33.3 Å². The molecular formula is C18H23ClN2O2. The smallest absolute Gasteiger partial charge is 0.123 e. The van der Waals surface area contributed by atoms with E-state index < -0.39 is 0 Å². The van der Waals surface area contributed by atoms with Gasteiger partial charge in [0.15, 0.2) is 0 Å². The lowest BCUT2D eigenvalue weighted by Gasteiger charge is -2.19. The van der Waals surface area contributed by atoms with E-state index in [9.17, 15) is 0 Å². The highest BCUT2D eigenvalue weighted by Crippen LogP contribution is 2.27. The van der Waals surface area contributed by atoms with Crippen molar-refractivity contribution in [2.45, 2.75) is 13.1 Å². The highest BCUT2D eigenvalue weighted by Gasteiger charge is 2.10. The summed E-state index contributed by atoms with van der Waals surface area (Å²) in [4.78, 5) is 2.06. The number of methoxy groups -OCH3 is 2. The van der Waals surface area contributed by atoms with Crippen LogP contribution in [-0.4, -0.2) is 28.3 Å². The minimum atomic E-state index is 0.665. The molecule has 0 radical (unpaired) electrons. The van der Waals surface area contributed by atoms with Gasteiger partial charge in [0.2, 0.25) is 0 Å². The van der Waals surface area contributed by atoms with E-state index in [4.69, 9.17) is 21.1 Å². The molecule has 0 atom stereocenters. The molecule has 0 amide bonds. The SMILES string of the molecule is COc1ccc(OC)c(CNCc2c(Cl)cccc2N(C)C)c1. The van der Waals surface area contributed by atoms with Crippen molar-refractivity contribution in [3.63, 3.8) is 0 Å². The molecule has 2 aromatic rings. The van der Waals surface area contributed by atoms with Gasteiger partial charge in [0.05, 0.1) is 14.2 Å². The number of nitrogens with zero attached hydrogens (tertiary/aromatic N) is 1. The molecule has 0 aromatic heterocycles. The van der Waals surface area contributed by atoms with Crippen molar-refractivity contribution in [2.75, 3.05) is 33.2 Å². The van der Waals surface area contributed by atoms with E-state index in [1.54, 1.807) is 14.2 Å². The molecule has 2 aromatic carbocycles. The summed E-state index contributed by atoms with van der Waals surface area (Å²) in [5.41, 5.74) is 3.24. The molecule has 0 aliphatic rings. The summed E-state index contributed by atoms with van der Waals surface area (Å²) in [7, 11) is 7.36. The summed E-state index contributed by atoms with van der Waals surface area (Å²) >= 11 is 6.35. The van der Waals surface area contributed by atoms with Gasteiger partial charge >= 0.3 is 0 Å². The first-order chi connectivity index (χ1) is 11.1. The predicted octanol–water partition coefficient (Wildman–Crippen LogP) is 3.71. The first kappa shape index (κ1) is 17.4. The second-order valence-corrected chi connectivity index (χ2v) is 5.82. The van der Waals surface area contributed by atoms with Gasteiger partial charge in [-0.3, -0.25) is 0 Å². The van der Waals surface area contributed by atoms with Gasteiger partial charge in [0.25, 0.3) is 0 Å². The Morgan fingerprint density at radius 1 is 1.04 bits per heavy atom. The van der Waals surface area contributed by atoms with Crippen molar-refractivity contribution in [3.05, 3.63) is 52.5 Å². The van der Waals surface area contributed by atoms with Crippen LogP contribution in [0.3, 0.4) is 0 Å². The van der Waals surface area contributed by atoms with Gasteiger partial charge in [-0.1, -0.05) is 17.7 Å². The minimum Gasteiger partial charge on any atom is -0.497 e. The molecule has 0 saturated carbocycles. The van der Waals surface area contributed by atoms with Crippen LogP contribution >= 0.6 is 11.6 Å². The monoisotopic (exact) mass is 334 g/mol. The van der Waals surface area contributed by atoms with Crippen LogP contribution in [0.4, 0.5) is 5.69 Å². The van der Waals surface area contributed by atoms with Crippen molar-refractivity contribution in [3.8, 4) is 11.5 Å².